The van der Waals surface area contributed by atoms with Crippen molar-refractivity contribution in [3.05, 3.63) is 35.9 Å². The van der Waals surface area contributed by atoms with Gasteiger partial charge in [0.15, 0.2) is 5.96 Å². The van der Waals surface area contributed by atoms with E-state index in [0.29, 0.717) is 6.04 Å². The van der Waals surface area contributed by atoms with Crippen molar-refractivity contribution in [2.75, 3.05) is 60.0 Å². The van der Waals surface area contributed by atoms with Crippen LogP contribution in [0.4, 0.5) is 0 Å². The molecule has 1 N–H and O–H groups in total. The van der Waals surface area contributed by atoms with Crippen LogP contribution in [0.5, 0.6) is 0 Å². The molecule has 3 heterocycles. The van der Waals surface area contributed by atoms with Gasteiger partial charge in [-0.25, -0.2) is 4.99 Å². The molecule has 3 fully saturated rings. The van der Waals surface area contributed by atoms with Gasteiger partial charge in [0.25, 0.3) is 0 Å². The molecule has 0 aliphatic carbocycles. The van der Waals surface area contributed by atoms with Crippen LogP contribution in [0.3, 0.4) is 0 Å². The van der Waals surface area contributed by atoms with Crippen LogP contribution in [-0.2, 0) is 20.8 Å². The van der Waals surface area contributed by atoms with Gasteiger partial charge in [0.05, 0.1) is 24.9 Å². The van der Waals surface area contributed by atoms with Crippen LogP contribution in [0.2, 0.25) is 0 Å². The van der Waals surface area contributed by atoms with Crippen molar-refractivity contribution >= 4 is 11.9 Å². The maximum Gasteiger partial charge on any atom is 0.243 e. The molecule has 0 bridgehead atoms. The van der Waals surface area contributed by atoms with Crippen molar-refractivity contribution in [1.29, 1.82) is 0 Å². The number of guanidine groups is 1. The largest absolute Gasteiger partial charge is 0.376 e. The lowest BCUT2D eigenvalue weighted by Gasteiger charge is -2.36. The van der Waals surface area contributed by atoms with Gasteiger partial charge < -0.3 is 24.6 Å². The summed E-state index contributed by atoms with van der Waals surface area (Å²) in [6.45, 7) is 5.91. The third-order valence-corrected chi connectivity index (χ3v) is 6.57. The number of likely N-dealkylation sites (tertiary alicyclic amines) is 1. The fraction of sp³-hybridized carbons (Fsp3) is 0.667. The monoisotopic (exact) mass is 443 g/mol. The molecule has 8 nitrogen and oxygen atoms in total. The summed E-state index contributed by atoms with van der Waals surface area (Å²) in [6, 6.07) is 10.9. The van der Waals surface area contributed by atoms with Gasteiger partial charge in [0.1, 0.15) is 6.54 Å². The Morgan fingerprint density at radius 1 is 1.16 bits per heavy atom. The predicted molar refractivity (Wildman–Crippen MR) is 125 cm³/mol. The smallest absolute Gasteiger partial charge is 0.243 e. The molecule has 0 radical (unpaired) electrons. The van der Waals surface area contributed by atoms with Gasteiger partial charge in [-0.3, -0.25) is 9.69 Å². The third kappa shape index (κ3) is 5.99. The van der Waals surface area contributed by atoms with E-state index in [1.54, 1.807) is 19.0 Å². The topological polar surface area (TPSA) is 69.6 Å². The van der Waals surface area contributed by atoms with Crippen LogP contribution in [-0.4, -0.2) is 105 Å². The summed E-state index contributed by atoms with van der Waals surface area (Å²) in [5, 5.41) is 3.51. The number of nitrogens with zero attached hydrogens (tertiary/aromatic N) is 4. The van der Waals surface area contributed by atoms with E-state index >= 15 is 0 Å². The zero-order chi connectivity index (χ0) is 22.3. The highest BCUT2D eigenvalue weighted by molar-refractivity contribution is 5.85. The fourth-order valence-corrected chi connectivity index (χ4v) is 4.67. The van der Waals surface area contributed by atoms with Gasteiger partial charge in [0, 0.05) is 53.4 Å². The van der Waals surface area contributed by atoms with Gasteiger partial charge >= 0.3 is 0 Å². The highest BCUT2D eigenvalue weighted by atomic mass is 16.5. The number of likely N-dealkylation sites (N-methyl/N-ethyl adjacent to an activating group) is 1. The number of benzene rings is 1. The zero-order valence-corrected chi connectivity index (χ0v) is 19.4. The van der Waals surface area contributed by atoms with Crippen molar-refractivity contribution in [2.45, 2.75) is 44.1 Å². The number of fused-ring (bicyclic) bond motifs is 1. The Morgan fingerprint density at radius 3 is 2.75 bits per heavy atom. The van der Waals surface area contributed by atoms with Crippen LogP contribution < -0.4 is 5.32 Å². The summed E-state index contributed by atoms with van der Waals surface area (Å²) in [5.41, 5.74) is 1.32. The Kier molecular flexibility index (Phi) is 8.00. The average Bonchev–Trinajstić information content (AvgIpc) is 3.25. The number of hydrogen-bond acceptors (Lipinski definition) is 5. The van der Waals surface area contributed by atoms with Crippen LogP contribution in [0, 0.1) is 0 Å². The molecule has 4 rings (SSSR count). The lowest BCUT2D eigenvalue weighted by Crippen LogP contribution is -2.50. The molecule has 1 amide bonds. The van der Waals surface area contributed by atoms with E-state index in [1.165, 1.54) is 12.0 Å². The van der Waals surface area contributed by atoms with Gasteiger partial charge in [-0.1, -0.05) is 30.3 Å². The minimum atomic E-state index is -0.00298. The molecule has 8 heteroatoms. The molecule has 3 saturated heterocycles. The first-order chi connectivity index (χ1) is 15.6. The molecular formula is C24H37N5O3. The molecule has 32 heavy (non-hydrogen) atoms. The summed E-state index contributed by atoms with van der Waals surface area (Å²) in [6.07, 6.45) is 3.76. The Morgan fingerprint density at radius 2 is 2.00 bits per heavy atom. The SMILES string of the molecule is CN(C)C(=O)CN=C(NCC1CCCCO1)N1CC2OCCN(Cc3ccccc3)C2C1. The Hall–Kier alpha value is -2.16. The predicted octanol–water partition coefficient (Wildman–Crippen LogP) is 1.17. The van der Waals surface area contributed by atoms with Crippen molar-refractivity contribution < 1.29 is 14.3 Å². The number of aliphatic imine (C=N–C) groups is 1. The molecule has 0 saturated carbocycles. The summed E-state index contributed by atoms with van der Waals surface area (Å²) in [4.78, 5) is 23.2. The molecule has 3 aliphatic heterocycles. The molecule has 1 aromatic rings. The minimum Gasteiger partial charge on any atom is -0.376 e. The van der Waals surface area contributed by atoms with E-state index in [-0.39, 0.29) is 24.7 Å². The molecule has 3 aliphatic rings. The maximum absolute atomic E-state index is 12.2. The van der Waals surface area contributed by atoms with Crippen LogP contribution in [0.15, 0.2) is 35.3 Å². The van der Waals surface area contributed by atoms with E-state index in [0.717, 1.165) is 64.7 Å². The maximum atomic E-state index is 12.2. The van der Waals surface area contributed by atoms with E-state index in [4.69, 9.17) is 9.47 Å². The molecular weight excluding hydrogens is 406 g/mol. The first kappa shape index (κ1) is 23.0. The zero-order valence-electron chi connectivity index (χ0n) is 19.4. The Labute approximate surface area is 191 Å². The first-order valence-electron chi connectivity index (χ1n) is 11.8. The van der Waals surface area contributed by atoms with Crippen LogP contribution in [0.25, 0.3) is 0 Å². The second kappa shape index (κ2) is 11.1. The molecule has 0 spiro atoms. The number of rotatable bonds is 6. The quantitative estimate of drug-likeness (QED) is 0.526. The van der Waals surface area contributed by atoms with E-state index in [9.17, 15) is 4.79 Å². The number of hydrogen-bond donors (Lipinski definition) is 1. The van der Waals surface area contributed by atoms with Gasteiger partial charge in [-0.05, 0) is 24.8 Å². The number of ether oxygens (including phenoxy) is 2. The highest BCUT2D eigenvalue weighted by Crippen LogP contribution is 2.25. The minimum absolute atomic E-state index is 0.00298. The molecule has 176 valence electrons. The van der Waals surface area contributed by atoms with Crippen LogP contribution in [0.1, 0.15) is 24.8 Å². The molecule has 0 aromatic heterocycles. The van der Waals surface area contributed by atoms with E-state index in [1.807, 2.05) is 0 Å². The van der Waals surface area contributed by atoms with E-state index in [2.05, 4.69) is 50.4 Å². The molecule has 3 unspecified atom stereocenters. The number of morpholine rings is 1. The standard InChI is InChI=1S/C24H37N5O3/c1-27(2)23(30)15-26-24(25-14-20-10-6-7-12-31-20)29-17-21-22(18-29)32-13-11-28(21)16-19-8-4-3-5-9-19/h3-5,8-9,20-22H,6-7,10-18H2,1-2H3,(H,25,26). The fourth-order valence-electron chi connectivity index (χ4n) is 4.67. The second-order valence-corrected chi connectivity index (χ2v) is 9.14. The van der Waals surface area contributed by atoms with Crippen LogP contribution >= 0.6 is 0 Å². The lowest BCUT2D eigenvalue weighted by atomic mass is 10.1. The number of nitrogens with one attached hydrogen (secondary N) is 1. The van der Waals surface area contributed by atoms with Crippen molar-refractivity contribution in [3.8, 4) is 0 Å². The van der Waals surface area contributed by atoms with Crippen molar-refractivity contribution in [3.63, 3.8) is 0 Å². The Bertz CT molecular complexity index is 766. The highest BCUT2D eigenvalue weighted by Gasteiger charge is 2.41. The van der Waals surface area contributed by atoms with Crippen molar-refractivity contribution in [1.82, 2.24) is 20.0 Å². The van der Waals surface area contributed by atoms with E-state index < -0.39 is 0 Å². The molecule has 3 atom stereocenters. The number of carbonyl (C=O) groups excluding carboxylic acids is 1. The summed E-state index contributed by atoms with van der Waals surface area (Å²) >= 11 is 0. The second-order valence-electron chi connectivity index (χ2n) is 9.14. The van der Waals surface area contributed by atoms with Gasteiger partial charge in [-0.15, -0.1) is 0 Å². The first-order valence-corrected chi connectivity index (χ1v) is 11.8. The number of amides is 1. The van der Waals surface area contributed by atoms with Gasteiger partial charge in [-0.2, -0.15) is 0 Å². The average molecular weight is 444 g/mol. The summed E-state index contributed by atoms with van der Waals surface area (Å²) in [7, 11) is 3.53. The Balaban J connectivity index is 1.43. The summed E-state index contributed by atoms with van der Waals surface area (Å²) < 4.78 is 12.0. The normalized spacial score (nSPS) is 26.6. The third-order valence-electron chi connectivity index (χ3n) is 6.57. The summed E-state index contributed by atoms with van der Waals surface area (Å²) in [5.74, 6) is 0.781. The lowest BCUT2D eigenvalue weighted by molar-refractivity contribution is -0.127. The van der Waals surface area contributed by atoms with Crippen molar-refractivity contribution in [2.24, 2.45) is 4.99 Å². The molecule has 1 aromatic carbocycles. The number of carbonyl (C=O) groups is 1. The van der Waals surface area contributed by atoms with Gasteiger partial charge in [0.2, 0.25) is 5.91 Å².